The van der Waals surface area contributed by atoms with Crippen LogP contribution in [0.4, 0.5) is 0 Å². The molecule has 0 fully saturated rings. The molecular weight excluding hydrogens is 250 g/mol. The predicted octanol–water partition coefficient (Wildman–Crippen LogP) is 4.26. The molecule has 0 amide bonds. The van der Waals surface area contributed by atoms with Gasteiger partial charge in [-0.25, -0.2) is 0 Å². The first-order valence-electron chi connectivity index (χ1n) is 5.42. The van der Waals surface area contributed by atoms with Gasteiger partial charge < -0.3 is 5.73 Å². The first kappa shape index (κ1) is 12.5. The Morgan fingerprint density at radius 1 is 1.12 bits per heavy atom. The van der Waals surface area contributed by atoms with Crippen LogP contribution < -0.4 is 5.73 Å². The summed E-state index contributed by atoms with van der Waals surface area (Å²) in [5.74, 6) is 0. The number of halogens is 1. The highest BCUT2D eigenvalue weighted by Gasteiger charge is 2.04. The van der Waals surface area contributed by atoms with Gasteiger partial charge in [-0.2, -0.15) is 0 Å². The summed E-state index contributed by atoms with van der Waals surface area (Å²) in [4.78, 5) is 2.38. The number of nitrogens with two attached hydrogens (primary N) is 1. The summed E-state index contributed by atoms with van der Waals surface area (Å²) >= 11 is 7.67. The molecule has 0 aliphatic carbocycles. The summed E-state index contributed by atoms with van der Waals surface area (Å²) in [6, 6.07) is 14.3. The topological polar surface area (TPSA) is 26.0 Å². The number of rotatable bonds is 3. The van der Waals surface area contributed by atoms with Crippen LogP contribution in [-0.2, 0) is 6.54 Å². The maximum absolute atomic E-state index is 5.95. The van der Waals surface area contributed by atoms with Crippen molar-refractivity contribution in [3.63, 3.8) is 0 Å². The van der Waals surface area contributed by atoms with E-state index in [1.807, 2.05) is 18.2 Å². The van der Waals surface area contributed by atoms with Gasteiger partial charge in [-0.3, -0.25) is 0 Å². The normalized spacial score (nSPS) is 10.5. The Labute approximate surface area is 111 Å². The zero-order valence-electron chi connectivity index (χ0n) is 9.61. The Kier molecular flexibility index (Phi) is 4.11. The highest BCUT2D eigenvalue weighted by atomic mass is 35.5. The van der Waals surface area contributed by atoms with Crippen molar-refractivity contribution in [1.29, 1.82) is 0 Å². The van der Waals surface area contributed by atoms with E-state index in [4.69, 9.17) is 17.3 Å². The minimum atomic E-state index is 0.509. The molecule has 2 aromatic carbocycles. The van der Waals surface area contributed by atoms with Crippen LogP contribution in [0.3, 0.4) is 0 Å². The van der Waals surface area contributed by atoms with Crippen LogP contribution in [0.15, 0.2) is 52.3 Å². The van der Waals surface area contributed by atoms with Crippen molar-refractivity contribution < 1.29 is 0 Å². The second-order valence-electron chi connectivity index (χ2n) is 3.87. The van der Waals surface area contributed by atoms with E-state index in [1.54, 1.807) is 11.8 Å². The molecule has 2 rings (SSSR count). The van der Waals surface area contributed by atoms with Gasteiger partial charge in [-0.1, -0.05) is 41.1 Å². The van der Waals surface area contributed by atoms with E-state index < -0.39 is 0 Å². The molecule has 0 radical (unpaired) electrons. The lowest BCUT2D eigenvalue weighted by molar-refractivity contribution is 1.03. The summed E-state index contributed by atoms with van der Waals surface area (Å²) in [7, 11) is 0. The molecule has 88 valence electrons. The first-order chi connectivity index (χ1) is 8.19. The number of hydrogen-bond donors (Lipinski definition) is 1. The molecule has 3 heteroatoms. The van der Waals surface area contributed by atoms with E-state index in [9.17, 15) is 0 Å². The molecule has 0 bridgehead atoms. The lowest BCUT2D eigenvalue weighted by Crippen LogP contribution is -1.98. The van der Waals surface area contributed by atoms with Crippen LogP contribution in [0.5, 0.6) is 0 Å². The van der Waals surface area contributed by atoms with Crippen LogP contribution in [0.25, 0.3) is 0 Å². The van der Waals surface area contributed by atoms with Crippen molar-refractivity contribution in [2.24, 2.45) is 5.73 Å². The van der Waals surface area contributed by atoms with Gasteiger partial charge in [0.15, 0.2) is 0 Å². The molecule has 0 spiro atoms. The molecule has 1 nitrogen and oxygen atoms in total. The summed E-state index contributed by atoms with van der Waals surface area (Å²) < 4.78 is 0. The third-order valence-corrected chi connectivity index (χ3v) is 3.85. The summed E-state index contributed by atoms with van der Waals surface area (Å²) in [5, 5.41) is 0.735. The highest BCUT2D eigenvalue weighted by molar-refractivity contribution is 7.99. The summed E-state index contributed by atoms with van der Waals surface area (Å²) in [6.45, 7) is 2.59. The van der Waals surface area contributed by atoms with Gasteiger partial charge >= 0.3 is 0 Å². The molecule has 0 saturated heterocycles. The average molecular weight is 264 g/mol. The van der Waals surface area contributed by atoms with Gasteiger partial charge in [0.2, 0.25) is 0 Å². The smallest absolute Gasteiger partial charge is 0.0410 e. The average Bonchev–Trinajstić information content (AvgIpc) is 2.34. The van der Waals surface area contributed by atoms with Gasteiger partial charge in [0.25, 0.3) is 0 Å². The quantitative estimate of drug-likeness (QED) is 0.896. The molecular formula is C14H14ClNS. The molecule has 0 heterocycles. The predicted molar refractivity (Wildman–Crippen MR) is 74.6 cm³/mol. The maximum atomic E-state index is 5.95. The van der Waals surface area contributed by atoms with Crippen molar-refractivity contribution in [3.8, 4) is 0 Å². The van der Waals surface area contributed by atoms with Gasteiger partial charge in [0.05, 0.1) is 0 Å². The molecule has 0 atom stereocenters. The Morgan fingerprint density at radius 2 is 1.82 bits per heavy atom. The fraction of sp³-hybridized carbons (Fsp3) is 0.143. The maximum Gasteiger partial charge on any atom is 0.0410 e. The third-order valence-electron chi connectivity index (χ3n) is 2.49. The van der Waals surface area contributed by atoms with Crippen LogP contribution in [-0.4, -0.2) is 0 Å². The van der Waals surface area contributed by atoms with E-state index in [0.29, 0.717) is 6.54 Å². The minimum Gasteiger partial charge on any atom is -0.326 e. The fourth-order valence-corrected chi connectivity index (χ4v) is 2.67. The van der Waals surface area contributed by atoms with Crippen molar-refractivity contribution >= 4 is 23.4 Å². The van der Waals surface area contributed by atoms with Gasteiger partial charge in [-0.05, 0) is 42.8 Å². The standard InChI is InChI=1S/C14H14ClNS/c1-10-2-5-13(6-3-10)17-14-7-4-12(15)8-11(14)9-16/h2-8H,9,16H2,1H3. The van der Waals surface area contributed by atoms with E-state index >= 15 is 0 Å². The molecule has 0 aromatic heterocycles. The van der Waals surface area contributed by atoms with Crippen LogP contribution in [0, 0.1) is 6.92 Å². The largest absolute Gasteiger partial charge is 0.326 e. The van der Waals surface area contributed by atoms with E-state index in [-0.39, 0.29) is 0 Å². The zero-order valence-corrected chi connectivity index (χ0v) is 11.2. The zero-order chi connectivity index (χ0) is 12.3. The second kappa shape index (κ2) is 5.58. The SMILES string of the molecule is Cc1ccc(Sc2ccc(Cl)cc2CN)cc1. The molecule has 0 unspecified atom stereocenters. The monoisotopic (exact) mass is 263 g/mol. The Balaban J connectivity index is 2.26. The molecule has 17 heavy (non-hydrogen) atoms. The highest BCUT2D eigenvalue weighted by Crippen LogP contribution is 2.31. The molecule has 0 saturated carbocycles. The third kappa shape index (κ3) is 3.25. The molecule has 2 N–H and O–H groups in total. The van der Waals surface area contributed by atoms with Gasteiger partial charge in [-0.15, -0.1) is 0 Å². The van der Waals surface area contributed by atoms with Crippen molar-refractivity contribution in [2.75, 3.05) is 0 Å². The molecule has 0 aliphatic heterocycles. The lowest BCUT2D eigenvalue weighted by atomic mass is 10.2. The Hall–Kier alpha value is -0.960. The number of benzene rings is 2. The first-order valence-corrected chi connectivity index (χ1v) is 6.61. The molecule has 0 aliphatic rings. The minimum absolute atomic E-state index is 0.509. The van der Waals surface area contributed by atoms with Crippen LogP contribution in [0.2, 0.25) is 5.02 Å². The van der Waals surface area contributed by atoms with Crippen molar-refractivity contribution in [3.05, 3.63) is 58.6 Å². The number of hydrogen-bond acceptors (Lipinski definition) is 2. The van der Waals surface area contributed by atoms with Crippen LogP contribution >= 0.6 is 23.4 Å². The van der Waals surface area contributed by atoms with Crippen LogP contribution in [0.1, 0.15) is 11.1 Å². The van der Waals surface area contributed by atoms with E-state index in [2.05, 4.69) is 31.2 Å². The molecule has 2 aromatic rings. The summed E-state index contributed by atoms with van der Waals surface area (Å²) in [5.41, 5.74) is 8.08. The summed E-state index contributed by atoms with van der Waals surface area (Å²) in [6.07, 6.45) is 0. The number of aryl methyl sites for hydroxylation is 1. The van der Waals surface area contributed by atoms with Crippen molar-refractivity contribution in [1.82, 2.24) is 0 Å². The fourth-order valence-electron chi connectivity index (χ4n) is 1.54. The van der Waals surface area contributed by atoms with E-state index in [0.717, 1.165) is 10.6 Å². The lowest BCUT2D eigenvalue weighted by Gasteiger charge is -2.08. The Bertz CT molecular complexity index is 508. The van der Waals surface area contributed by atoms with Gasteiger partial charge in [0.1, 0.15) is 0 Å². The van der Waals surface area contributed by atoms with Crippen molar-refractivity contribution in [2.45, 2.75) is 23.3 Å². The van der Waals surface area contributed by atoms with Gasteiger partial charge in [0, 0.05) is 21.4 Å². The Morgan fingerprint density at radius 3 is 2.47 bits per heavy atom. The van der Waals surface area contributed by atoms with E-state index in [1.165, 1.54) is 15.4 Å². The second-order valence-corrected chi connectivity index (χ2v) is 5.42.